The van der Waals surface area contributed by atoms with E-state index in [0.29, 0.717) is 6.42 Å². The van der Waals surface area contributed by atoms with E-state index in [2.05, 4.69) is 34.9 Å². The van der Waals surface area contributed by atoms with E-state index in [1.807, 2.05) is 13.2 Å². The number of aromatic nitrogens is 2. The van der Waals surface area contributed by atoms with Crippen molar-refractivity contribution in [2.24, 2.45) is 14.1 Å². The minimum absolute atomic E-state index is 0.0707. The van der Waals surface area contributed by atoms with E-state index in [1.165, 1.54) is 7.11 Å². The molecule has 3 aromatic rings. The number of pyridine rings is 1. The number of hydrogen-bond acceptors (Lipinski definition) is 3. The van der Waals surface area contributed by atoms with Crippen molar-refractivity contribution in [3.8, 4) is 11.3 Å². The van der Waals surface area contributed by atoms with Crippen LogP contribution in [0.2, 0.25) is 0 Å². The molecule has 0 saturated carbocycles. The molecule has 25 heavy (non-hydrogen) atoms. The van der Waals surface area contributed by atoms with Crippen LogP contribution in [-0.4, -0.2) is 22.2 Å². The fourth-order valence-corrected chi connectivity index (χ4v) is 3.56. The van der Waals surface area contributed by atoms with Gasteiger partial charge in [-0.05, 0) is 41.8 Å². The zero-order chi connectivity index (χ0) is 17.7. The molecule has 4 rings (SSSR count). The average Bonchev–Trinajstić information content (AvgIpc) is 2.86. The van der Waals surface area contributed by atoms with Gasteiger partial charge in [-0.2, -0.15) is 0 Å². The first kappa shape index (κ1) is 15.4. The van der Waals surface area contributed by atoms with Gasteiger partial charge in [0.15, 0.2) is 0 Å². The molecular formula is C20H18N2O3. The quantitative estimate of drug-likeness (QED) is 0.643. The van der Waals surface area contributed by atoms with Crippen LogP contribution >= 0.6 is 0 Å². The molecule has 1 aromatic carbocycles. The molecule has 0 aliphatic heterocycles. The monoisotopic (exact) mass is 334 g/mol. The topological polar surface area (TPSA) is 53.2 Å². The Kier molecular flexibility index (Phi) is 3.39. The van der Waals surface area contributed by atoms with E-state index >= 15 is 0 Å². The van der Waals surface area contributed by atoms with E-state index in [0.717, 1.165) is 33.3 Å². The predicted molar refractivity (Wildman–Crippen MR) is 97.7 cm³/mol. The third-order valence-electron chi connectivity index (χ3n) is 4.85. The van der Waals surface area contributed by atoms with Crippen LogP contribution in [-0.2, 0) is 25.3 Å². The second-order valence-corrected chi connectivity index (χ2v) is 6.32. The highest BCUT2D eigenvalue weighted by molar-refractivity contribution is 5.93. The first-order valence-electron chi connectivity index (χ1n) is 8.08. The molecule has 0 unspecified atom stereocenters. The minimum atomic E-state index is -0.602. The molecule has 2 heterocycles. The zero-order valence-corrected chi connectivity index (χ0v) is 14.4. The third-order valence-corrected chi connectivity index (χ3v) is 4.85. The zero-order valence-electron chi connectivity index (χ0n) is 14.4. The maximum atomic E-state index is 12.7. The normalized spacial score (nSPS) is 12.6. The van der Waals surface area contributed by atoms with Crippen LogP contribution in [0.3, 0.4) is 0 Å². The SMILES string of the molecule is COC(=O)c1cc2c(n(C)c1=O)-c1cc3ccn(C)c3cc1C=CC2. The highest BCUT2D eigenvalue weighted by Gasteiger charge is 2.21. The van der Waals surface area contributed by atoms with Gasteiger partial charge in [0.05, 0.1) is 12.8 Å². The molecule has 2 aromatic heterocycles. The first-order chi connectivity index (χ1) is 12.0. The Hall–Kier alpha value is -3.08. The average molecular weight is 334 g/mol. The fraction of sp³-hybridized carbons (Fsp3) is 0.200. The Morgan fingerprint density at radius 3 is 2.76 bits per heavy atom. The van der Waals surface area contributed by atoms with E-state index in [1.54, 1.807) is 17.7 Å². The number of allylic oxidation sites excluding steroid dienone is 1. The summed E-state index contributed by atoms with van der Waals surface area (Å²) >= 11 is 0. The standard InChI is InChI=1S/C20H18N2O3/c1-21-8-7-13-9-15-12(11-17(13)21)5-4-6-14-10-16(20(24)25-3)19(23)22(2)18(14)15/h4-5,7-11H,6H2,1-3H3. The van der Waals surface area contributed by atoms with Crippen molar-refractivity contribution in [3.63, 3.8) is 0 Å². The number of fused-ring (bicyclic) bond motifs is 4. The summed E-state index contributed by atoms with van der Waals surface area (Å²) in [6, 6.07) is 7.97. The van der Waals surface area contributed by atoms with Gasteiger partial charge in [0.2, 0.25) is 0 Å². The Labute approximate surface area is 144 Å². The summed E-state index contributed by atoms with van der Waals surface area (Å²) in [4.78, 5) is 24.6. The Morgan fingerprint density at radius 1 is 1.20 bits per heavy atom. The maximum absolute atomic E-state index is 12.7. The smallest absolute Gasteiger partial charge is 0.343 e. The summed E-state index contributed by atoms with van der Waals surface area (Å²) in [5.41, 5.74) is 4.72. The van der Waals surface area contributed by atoms with Crippen molar-refractivity contribution in [2.45, 2.75) is 6.42 Å². The van der Waals surface area contributed by atoms with Gasteiger partial charge in [-0.15, -0.1) is 0 Å². The second kappa shape index (κ2) is 5.48. The number of esters is 1. The van der Waals surface area contributed by atoms with Crippen molar-refractivity contribution < 1.29 is 9.53 Å². The number of nitrogens with zero attached hydrogens (tertiary/aromatic N) is 2. The van der Waals surface area contributed by atoms with Crippen LogP contribution in [0.4, 0.5) is 0 Å². The molecular weight excluding hydrogens is 316 g/mol. The molecule has 0 saturated heterocycles. The molecule has 5 heteroatoms. The molecule has 0 radical (unpaired) electrons. The summed E-state index contributed by atoms with van der Waals surface area (Å²) in [5.74, 6) is -0.602. The predicted octanol–water partition coefficient (Wildman–Crippen LogP) is 2.90. The molecule has 1 aliphatic rings. The highest BCUT2D eigenvalue weighted by atomic mass is 16.5. The minimum Gasteiger partial charge on any atom is -0.465 e. The van der Waals surface area contributed by atoms with E-state index in [9.17, 15) is 9.59 Å². The van der Waals surface area contributed by atoms with Crippen LogP contribution < -0.4 is 5.56 Å². The highest BCUT2D eigenvalue weighted by Crippen LogP contribution is 2.34. The van der Waals surface area contributed by atoms with Gasteiger partial charge in [-0.25, -0.2) is 4.79 Å². The largest absolute Gasteiger partial charge is 0.465 e. The Balaban J connectivity index is 2.07. The lowest BCUT2D eigenvalue weighted by molar-refractivity contribution is 0.0598. The van der Waals surface area contributed by atoms with Crippen LogP contribution in [0, 0.1) is 0 Å². The summed E-state index contributed by atoms with van der Waals surface area (Å²) < 4.78 is 8.39. The lowest BCUT2D eigenvalue weighted by Gasteiger charge is -2.16. The van der Waals surface area contributed by atoms with E-state index in [4.69, 9.17) is 4.74 Å². The Bertz CT molecular complexity index is 1120. The van der Waals surface area contributed by atoms with Gasteiger partial charge < -0.3 is 13.9 Å². The van der Waals surface area contributed by atoms with Crippen LogP contribution in [0.15, 0.2) is 41.3 Å². The van der Waals surface area contributed by atoms with Crippen molar-refractivity contribution in [1.82, 2.24) is 9.13 Å². The molecule has 0 bridgehead atoms. The second-order valence-electron chi connectivity index (χ2n) is 6.32. The van der Waals surface area contributed by atoms with Gasteiger partial charge in [-0.3, -0.25) is 4.79 Å². The molecule has 0 spiro atoms. The lowest BCUT2D eigenvalue weighted by atomic mass is 9.98. The molecule has 0 atom stereocenters. The van der Waals surface area contributed by atoms with Crippen LogP contribution in [0.1, 0.15) is 21.5 Å². The van der Waals surface area contributed by atoms with Gasteiger partial charge in [-0.1, -0.05) is 12.2 Å². The number of methoxy groups -OCH3 is 1. The lowest BCUT2D eigenvalue weighted by Crippen LogP contribution is -2.27. The van der Waals surface area contributed by atoms with Crippen molar-refractivity contribution >= 4 is 22.9 Å². The number of carbonyl (C=O) groups excluding carboxylic acids is 1. The number of benzene rings is 1. The van der Waals surface area contributed by atoms with Gasteiger partial charge in [0.25, 0.3) is 5.56 Å². The molecule has 0 N–H and O–H groups in total. The van der Waals surface area contributed by atoms with E-state index < -0.39 is 5.97 Å². The number of rotatable bonds is 1. The summed E-state index contributed by atoms with van der Waals surface area (Å²) in [6.07, 6.45) is 6.81. The molecule has 1 aliphatic carbocycles. The fourth-order valence-electron chi connectivity index (χ4n) is 3.56. The molecule has 5 nitrogen and oxygen atoms in total. The number of hydrogen-bond donors (Lipinski definition) is 0. The Morgan fingerprint density at radius 2 is 2.00 bits per heavy atom. The van der Waals surface area contributed by atoms with E-state index in [-0.39, 0.29) is 11.1 Å². The summed E-state index contributed by atoms with van der Waals surface area (Å²) in [7, 11) is 5.01. The number of ether oxygens (including phenoxy) is 1. The maximum Gasteiger partial charge on any atom is 0.343 e. The molecule has 0 amide bonds. The summed E-state index contributed by atoms with van der Waals surface area (Å²) in [5, 5.41) is 1.12. The number of aryl methyl sites for hydroxylation is 1. The third kappa shape index (κ3) is 2.23. The van der Waals surface area contributed by atoms with Crippen molar-refractivity contribution in [2.75, 3.05) is 7.11 Å². The molecule has 0 fully saturated rings. The summed E-state index contributed by atoms with van der Waals surface area (Å²) in [6.45, 7) is 0. The van der Waals surface area contributed by atoms with Crippen molar-refractivity contribution in [1.29, 1.82) is 0 Å². The van der Waals surface area contributed by atoms with Crippen molar-refractivity contribution in [3.05, 3.63) is 63.6 Å². The number of carbonyl (C=O) groups is 1. The first-order valence-corrected chi connectivity index (χ1v) is 8.08. The van der Waals surface area contributed by atoms with Crippen LogP contribution in [0.25, 0.3) is 28.2 Å². The van der Waals surface area contributed by atoms with Crippen LogP contribution in [0.5, 0.6) is 0 Å². The van der Waals surface area contributed by atoms with Gasteiger partial charge >= 0.3 is 5.97 Å². The van der Waals surface area contributed by atoms with Gasteiger partial charge in [0.1, 0.15) is 5.56 Å². The molecule has 126 valence electrons. The van der Waals surface area contributed by atoms with Gasteiger partial charge in [0, 0.05) is 36.8 Å².